The van der Waals surface area contributed by atoms with Gasteiger partial charge in [-0.15, -0.1) is 0 Å². The first-order valence-corrected chi connectivity index (χ1v) is 11.1. The maximum absolute atomic E-state index is 13.4. The molecule has 1 saturated carbocycles. The van der Waals surface area contributed by atoms with Gasteiger partial charge in [-0.05, 0) is 42.5 Å². The Morgan fingerprint density at radius 3 is 2.64 bits per heavy atom. The molecule has 1 saturated heterocycles. The third-order valence-electron chi connectivity index (χ3n) is 6.53. The Morgan fingerprint density at radius 1 is 1.14 bits per heavy atom. The van der Waals surface area contributed by atoms with E-state index >= 15 is 0 Å². The third kappa shape index (κ3) is 2.46. The molecule has 2 fully saturated rings. The summed E-state index contributed by atoms with van der Waals surface area (Å²) in [6, 6.07) is 10.9. The van der Waals surface area contributed by atoms with Gasteiger partial charge in [-0.2, -0.15) is 4.31 Å². The highest BCUT2D eigenvalue weighted by Crippen LogP contribution is 2.52. The smallest absolute Gasteiger partial charge is 0.244 e. The van der Waals surface area contributed by atoms with Crippen molar-refractivity contribution in [2.75, 3.05) is 13.1 Å². The van der Waals surface area contributed by atoms with E-state index in [0.717, 1.165) is 24.0 Å². The zero-order valence-electron chi connectivity index (χ0n) is 15.8. The van der Waals surface area contributed by atoms with Gasteiger partial charge in [-0.1, -0.05) is 31.2 Å². The summed E-state index contributed by atoms with van der Waals surface area (Å²) in [5, 5.41) is 0. The van der Waals surface area contributed by atoms with Gasteiger partial charge in [0.05, 0.1) is 10.4 Å². The van der Waals surface area contributed by atoms with Gasteiger partial charge in [-0.25, -0.2) is 8.42 Å². The van der Waals surface area contributed by atoms with Crippen LogP contribution in [0, 0.1) is 5.41 Å². The molecule has 6 nitrogen and oxygen atoms in total. The Hall–Kier alpha value is -2.25. The Balaban J connectivity index is 1.58. The van der Waals surface area contributed by atoms with Crippen LogP contribution in [0.2, 0.25) is 0 Å². The van der Waals surface area contributed by atoms with Gasteiger partial charge in [-0.3, -0.25) is 9.78 Å². The van der Waals surface area contributed by atoms with Gasteiger partial charge in [0.2, 0.25) is 15.9 Å². The third-order valence-corrected chi connectivity index (χ3v) is 8.50. The molecule has 2 aromatic rings. The van der Waals surface area contributed by atoms with Crippen molar-refractivity contribution in [3.8, 4) is 0 Å². The normalized spacial score (nSPS) is 27.1. The average molecular weight is 398 g/mol. The lowest BCUT2D eigenvalue weighted by Crippen LogP contribution is -2.46. The lowest BCUT2D eigenvalue weighted by Gasteiger charge is -2.34. The van der Waals surface area contributed by atoms with Crippen LogP contribution in [0.1, 0.15) is 37.3 Å². The average Bonchev–Trinajstić information content (AvgIpc) is 3.26. The van der Waals surface area contributed by atoms with Gasteiger partial charge in [0, 0.05) is 37.4 Å². The molecule has 5 rings (SSSR count). The number of aromatic nitrogens is 1. The van der Waals surface area contributed by atoms with Crippen molar-refractivity contribution in [3.05, 3.63) is 59.9 Å². The highest BCUT2D eigenvalue weighted by molar-refractivity contribution is 7.89. The first-order valence-electron chi connectivity index (χ1n) is 9.68. The zero-order chi connectivity index (χ0) is 19.6. The number of benzene rings is 1. The second kappa shape index (κ2) is 5.87. The van der Waals surface area contributed by atoms with E-state index < -0.39 is 15.6 Å². The molecule has 0 N–H and O–H groups in total. The van der Waals surface area contributed by atoms with Crippen LogP contribution in [-0.2, 0) is 26.9 Å². The minimum Gasteiger partial charge on any atom is -0.340 e. The molecule has 3 heterocycles. The largest absolute Gasteiger partial charge is 0.340 e. The molecule has 7 heteroatoms. The second-order valence-corrected chi connectivity index (χ2v) is 10.3. The number of likely N-dealkylation sites (tertiary alicyclic amines) is 1. The van der Waals surface area contributed by atoms with Crippen LogP contribution in [0.3, 0.4) is 0 Å². The first kappa shape index (κ1) is 17.8. The summed E-state index contributed by atoms with van der Waals surface area (Å²) in [6.45, 7) is 3.26. The van der Waals surface area contributed by atoms with Crippen LogP contribution in [-0.4, -0.2) is 41.6 Å². The van der Waals surface area contributed by atoms with Crippen molar-refractivity contribution in [2.24, 2.45) is 5.41 Å². The Kier molecular flexibility index (Phi) is 3.74. The van der Waals surface area contributed by atoms with Gasteiger partial charge >= 0.3 is 0 Å². The minimum absolute atomic E-state index is 0.160. The SMILES string of the molecule is CC1(C(=O)N2CCC3(C2)c2ccccc2S(=O)(=O)N3Cc2cccnc2)CC1. The quantitative estimate of drug-likeness (QED) is 0.798. The van der Waals surface area contributed by atoms with Crippen LogP contribution in [0.5, 0.6) is 0 Å². The van der Waals surface area contributed by atoms with Gasteiger partial charge in [0.15, 0.2) is 0 Å². The maximum Gasteiger partial charge on any atom is 0.244 e. The van der Waals surface area contributed by atoms with E-state index in [1.54, 1.807) is 28.8 Å². The zero-order valence-corrected chi connectivity index (χ0v) is 16.7. The number of rotatable bonds is 3. The molecule has 1 unspecified atom stereocenters. The Labute approximate surface area is 165 Å². The summed E-state index contributed by atoms with van der Waals surface area (Å²) < 4.78 is 28.5. The molecule has 1 aromatic heterocycles. The lowest BCUT2D eigenvalue weighted by molar-refractivity contribution is -0.135. The van der Waals surface area contributed by atoms with Gasteiger partial charge in [0.1, 0.15) is 0 Å². The fourth-order valence-corrected chi connectivity index (χ4v) is 6.68. The van der Waals surface area contributed by atoms with E-state index in [1.807, 2.05) is 36.1 Å². The number of amides is 1. The summed E-state index contributed by atoms with van der Waals surface area (Å²) in [4.78, 5) is 19.3. The molecule has 1 spiro atoms. The predicted octanol–water partition coefficient (Wildman–Crippen LogP) is 2.51. The van der Waals surface area contributed by atoms with E-state index in [-0.39, 0.29) is 17.9 Å². The van der Waals surface area contributed by atoms with E-state index in [9.17, 15) is 13.2 Å². The number of hydrogen-bond donors (Lipinski definition) is 0. The summed E-state index contributed by atoms with van der Waals surface area (Å²) in [5.41, 5.74) is 0.704. The molecular formula is C21H23N3O3S. The molecule has 0 bridgehead atoms. The van der Waals surface area contributed by atoms with Gasteiger partial charge < -0.3 is 4.90 Å². The van der Waals surface area contributed by atoms with Crippen molar-refractivity contribution in [3.63, 3.8) is 0 Å². The lowest BCUT2D eigenvalue weighted by atomic mass is 9.88. The number of sulfonamides is 1. The minimum atomic E-state index is -3.64. The highest BCUT2D eigenvalue weighted by Gasteiger charge is 2.59. The molecule has 28 heavy (non-hydrogen) atoms. The molecule has 1 aromatic carbocycles. The predicted molar refractivity (Wildman–Crippen MR) is 104 cm³/mol. The van der Waals surface area contributed by atoms with Crippen LogP contribution in [0.25, 0.3) is 0 Å². The van der Waals surface area contributed by atoms with Crippen LogP contribution >= 0.6 is 0 Å². The second-order valence-electron chi connectivity index (χ2n) is 8.44. The fourth-order valence-electron chi connectivity index (χ4n) is 4.63. The number of carbonyl (C=O) groups is 1. The summed E-state index contributed by atoms with van der Waals surface area (Å²) in [7, 11) is -3.64. The van der Waals surface area contributed by atoms with E-state index in [0.29, 0.717) is 24.4 Å². The van der Waals surface area contributed by atoms with Crippen LogP contribution in [0.15, 0.2) is 53.7 Å². The number of nitrogens with zero attached hydrogens (tertiary/aromatic N) is 3. The topological polar surface area (TPSA) is 70.6 Å². The molecule has 1 aliphatic carbocycles. The monoisotopic (exact) mass is 397 g/mol. The van der Waals surface area contributed by atoms with E-state index in [2.05, 4.69) is 4.98 Å². The molecule has 2 aliphatic heterocycles. The Morgan fingerprint density at radius 2 is 1.93 bits per heavy atom. The number of hydrogen-bond acceptors (Lipinski definition) is 4. The number of fused-ring (bicyclic) bond motifs is 2. The molecule has 1 atom stereocenters. The van der Waals surface area contributed by atoms with E-state index in [1.165, 1.54) is 0 Å². The van der Waals surface area contributed by atoms with Crippen LogP contribution in [0.4, 0.5) is 0 Å². The summed E-state index contributed by atoms with van der Waals surface area (Å²) >= 11 is 0. The maximum atomic E-state index is 13.4. The van der Waals surface area contributed by atoms with Crippen molar-refractivity contribution in [1.82, 2.24) is 14.2 Å². The van der Waals surface area contributed by atoms with E-state index in [4.69, 9.17) is 0 Å². The van der Waals surface area contributed by atoms with Crippen LogP contribution < -0.4 is 0 Å². The standard InChI is InChI=1S/C21H23N3O3S/c1-20(8-9-20)19(25)23-12-10-21(15-23)17-6-2-3-7-18(17)28(26,27)24(21)14-16-5-4-11-22-13-16/h2-7,11,13H,8-10,12,14-15H2,1H3. The Bertz CT molecular complexity index is 1050. The van der Waals surface area contributed by atoms with Crippen molar-refractivity contribution in [1.29, 1.82) is 0 Å². The van der Waals surface area contributed by atoms with Crippen molar-refractivity contribution >= 4 is 15.9 Å². The number of carbonyl (C=O) groups excluding carboxylic acids is 1. The summed E-state index contributed by atoms with van der Waals surface area (Å²) in [5.74, 6) is 0.160. The molecular weight excluding hydrogens is 374 g/mol. The van der Waals surface area contributed by atoms with Gasteiger partial charge in [0.25, 0.3) is 0 Å². The molecule has 0 radical (unpaired) electrons. The molecule has 146 valence electrons. The summed E-state index contributed by atoms with van der Waals surface area (Å²) in [6.07, 6.45) is 5.84. The highest BCUT2D eigenvalue weighted by atomic mass is 32.2. The van der Waals surface area contributed by atoms with Crippen molar-refractivity contribution in [2.45, 2.75) is 43.2 Å². The molecule has 3 aliphatic rings. The molecule has 1 amide bonds. The van der Waals surface area contributed by atoms with Crippen molar-refractivity contribution < 1.29 is 13.2 Å². The fraction of sp³-hybridized carbons (Fsp3) is 0.429. The number of pyridine rings is 1. The first-order chi connectivity index (χ1) is 13.4.